The Kier molecular flexibility index (Phi) is 7.22. The lowest BCUT2D eigenvalue weighted by atomic mass is 10.1. The van der Waals surface area contributed by atoms with E-state index in [-0.39, 0.29) is 24.0 Å². The molecule has 0 saturated carbocycles. The van der Waals surface area contributed by atoms with Crippen molar-refractivity contribution in [2.24, 2.45) is 4.99 Å². The molecule has 0 bridgehead atoms. The summed E-state index contributed by atoms with van der Waals surface area (Å²) in [5.74, 6) is 1.93. The van der Waals surface area contributed by atoms with Crippen LogP contribution in [0.4, 0.5) is 0 Å². The highest BCUT2D eigenvalue weighted by molar-refractivity contribution is 14.0. The SMILES string of the molecule is CN=C(NCCc1cc(C)cc(C)c1)NC1CCc2ncnn2C1.I. The highest BCUT2D eigenvalue weighted by Gasteiger charge is 2.20. The van der Waals surface area contributed by atoms with Crippen LogP contribution in [-0.2, 0) is 19.4 Å². The largest absolute Gasteiger partial charge is 0.356 e. The van der Waals surface area contributed by atoms with Crippen LogP contribution in [0.1, 0.15) is 28.9 Å². The zero-order chi connectivity index (χ0) is 16.9. The third-order valence-electron chi connectivity index (χ3n) is 4.36. The number of fused-ring (bicyclic) bond motifs is 1. The molecule has 0 amide bonds. The van der Waals surface area contributed by atoms with Gasteiger partial charge < -0.3 is 10.6 Å². The quantitative estimate of drug-likeness (QED) is 0.423. The summed E-state index contributed by atoms with van der Waals surface area (Å²) in [6, 6.07) is 7.04. The van der Waals surface area contributed by atoms with Crippen LogP contribution in [0.15, 0.2) is 29.5 Å². The topological polar surface area (TPSA) is 67.1 Å². The van der Waals surface area contributed by atoms with Gasteiger partial charge in [0.2, 0.25) is 0 Å². The summed E-state index contributed by atoms with van der Waals surface area (Å²) < 4.78 is 1.98. The first-order valence-corrected chi connectivity index (χ1v) is 8.55. The van der Waals surface area contributed by atoms with E-state index in [1.54, 1.807) is 6.33 Å². The summed E-state index contributed by atoms with van der Waals surface area (Å²) in [7, 11) is 1.82. The number of benzene rings is 1. The number of halogens is 1. The predicted molar refractivity (Wildman–Crippen MR) is 112 cm³/mol. The highest BCUT2D eigenvalue weighted by Crippen LogP contribution is 2.11. The van der Waals surface area contributed by atoms with Gasteiger partial charge in [0, 0.05) is 26.1 Å². The fraction of sp³-hybridized carbons (Fsp3) is 0.500. The number of rotatable bonds is 4. The molecule has 2 N–H and O–H groups in total. The fourth-order valence-corrected chi connectivity index (χ4v) is 3.28. The van der Waals surface area contributed by atoms with Crippen molar-refractivity contribution in [2.45, 2.75) is 45.7 Å². The van der Waals surface area contributed by atoms with Crippen LogP contribution >= 0.6 is 24.0 Å². The van der Waals surface area contributed by atoms with Crippen molar-refractivity contribution >= 4 is 29.9 Å². The number of aryl methyl sites for hydroxylation is 3. The number of hydrogen-bond donors (Lipinski definition) is 2. The summed E-state index contributed by atoms with van der Waals surface area (Å²) in [6.07, 6.45) is 4.63. The Labute approximate surface area is 166 Å². The molecule has 0 fully saturated rings. The number of guanidine groups is 1. The van der Waals surface area contributed by atoms with Gasteiger partial charge in [-0.3, -0.25) is 4.99 Å². The van der Waals surface area contributed by atoms with E-state index in [1.165, 1.54) is 16.7 Å². The summed E-state index contributed by atoms with van der Waals surface area (Å²) in [4.78, 5) is 8.61. The van der Waals surface area contributed by atoms with Crippen molar-refractivity contribution in [1.29, 1.82) is 0 Å². The smallest absolute Gasteiger partial charge is 0.191 e. The molecule has 0 radical (unpaired) electrons. The predicted octanol–water partition coefficient (Wildman–Crippen LogP) is 2.24. The minimum absolute atomic E-state index is 0. The van der Waals surface area contributed by atoms with Crippen LogP contribution in [0.3, 0.4) is 0 Å². The minimum Gasteiger partial charge on any atom is -0.356 e. The molecule has 7 heteroatoms. The molecule has 1 aliphatic heterocycles. The van der Waals surface area contributed by atoms with E-state index < -0.39 is 0 Å². The molecule has 2 heterocycles. The van der Waals surface area contributed by atoms with E-state index in [9.17, 15) is 0 Å². The van der Waals surface area contributed by atoms with Gasteiger partial charge in [-0.25, -0.2) is 9.67 Å². The lowest BCUT2D eigenvalue weighted by molar-refractivity contribution is 0.393. The van der Waals surface area contributed by atoms with Gasteiger partial charge in [-0.15, -0.1) is 24.0 Å². The zero-order valence-electron chi connectivity index (χ0n) is 15.1. The average molecular weight is 454 g/mol. The molecular formula is C18H27IN6. The fourth-order valence-electron chi connectivity index (χ4n) is 3.28. The van der Waals surface area contributed by atoms with Crippen LogP contribution in [0.2, 0.25) is 0 Å². The maximum atomic E-state index is 4.34. The van der Waals surface area contributed by atoms with Crippen LogP contribution in [0, 0.1) is 13.8 Å². The van der Waals surface area contributed by atoms with E-state index in [2.05, 4.69) is 57.8 Å². The molecule has 6 nitrogen and oxygen atoms in total. The van der Waals surface area contributed by atoms with Gasteiger partial charge in [-0.05, 0) is 32.3 Å². The Morgan fingerprint density at radius 3 is 2.76 bits per heavy atom. The first-order chi connectivity index (χ1) is 11.6. The lowest BCUT2D eigenvalue weighted by Crippen LogP contribution is -2.47. The first-order valence-electron chi connectivity index (χ1n) is 8.55. The lowest BCUT2D eigenvalue weighted by Gasteiger charge is -2.25. The number of hydrogen-bond acceptors (Lipinski definition) is 3. The Morgan fingerprint density at radius 2 is 2.04 bits per heavy atom. The zero-order valence-corrected chi connectivity index (χ0v) is 17.4. The third kappa shape index (κ3) is 5.42. The Hall–Kier alpha value is -1.64. The molecule has 1 atom stereocenters. The van der Waals surface area contributed by atoms with Crippen molar-refractivity contribution < 1.29 is 0 Å². The van der Waals surface area contributed by atoms with E-state index in [0.717, 1.165) is 44.1 Å². The van der Waals surface area contributed by atoms with E-state index >= 15 is 0 Å². The Morgan fingerprint density at radius 1 is 1.28 bits per heavy atom. The second kappa shape index (κ2) is 9.17. The van der Waals surface area contributed by atoms with Crippen molar-refractivity contribution in [1.82, 2.24) is 25.4 Å². The highest BCUT2D eigenvalue weighted by atomic mass is 127. The van der Waals surface area contributed by atoms with Crippen molar-refractivity contribution in [2.75, 3.05) is 13.6 Å². The number of aromatic nitrogens is 3. The van der Waals surface area contributed by atoms with E-state index in [1.807, 2.05) is 11.7 Å². The molecule has 2 aromatic rings. The molecule has 1 aliphatic rings. The Balaban J connectivity index is 0.00000225. The monoisotopic (exact) mass is 454 g/mol. The van der Waals surface area contributed by atoms with Crippen molar-refractivity contribution in [3.05, 3.63) is 47.0 Å². The molecular weight excluding hydrogens is 427 g/mol. The molecule has 1 aromatic carbocycles. The molecule has 3 rings (SSSR count). The van der Waals surface area contributed by atoms with Crippen LogP contribution in [0.25, 0.3) is 0 Å². The van der Waals surface area contributed by atoms with Gasteiger partial charge in [0.1, 0.15) is 12.2 Å². The van der Waals surface area contributed by atoms with E-state index in [4.69, 9.17) is 0 Å². The standard InChI is InChI=1S/C18H26N6.HI/c1-13-8-14(2)10-15(9-13)6-7-20-18(19-3)23-16-4-5-17-21-12-22-24(17)11-16;/h8-10,12,16H,4-7,11H2,1-3H3,(H2,19,20,23);1H. The molecule has 1 aromatic heterocycles. The minimum atomic E-state index is 0. The molecule has 1 unspecified atom stereocenters. The van der Waals surface area contributed by atoms with Crippen molar-refractivity contribution in [3.63, 3.8) is 0 Å². The van der Waals surface area contributed by atoms with Gasteiger partial charge >= 0.3 is 0 Å². The second-order valence-electron chi connectivity index (χ2n) is 6.48. The number of nitrogens with zero attached hydrogens (tertiary/aromatic N) is 4. The molecule has 136 valence electrons. The maximum Gasteiger partial charge on any atom is 0.191 e. The average Bonchev–Trinajstić information content (AvgIpc) is 3.00. The number of aliphatic imine (C=N–C) groups is 1. The Bertz CT molecular complexity index is 704. The normalized spacial score (nSPS) is 16.8. The van der Waals surface area contributed by atoms with Gasteiger partial charge in [-0.1, -0.05) is 29.3 Å². The summed E-state index contributed by atoms with van der Waals surface area (Å²) in [5, 5.41) is 11.2. The molecule has 0 saturated heterocycles. The van der Waals surface area contributed by atoms with Crippen molar-refractivity contribution in [3.8, 4) is 0 Å². The molecule has 25 heavy (non-hydrogen) atoms. The van der Waals surface area contributed by atoms with Crippen LogP contribution < -0.4 is 10.6 Å². The molecule has 0 spiro atoms. The summed E-state index contributed by atoms with van der Waals surface area (Å²) in [6.45, 7) is 5.99. The second-order valence-corrected chi connectivity index (χ2v) is 6.48. The van der Waals surface area contributed by atoms with Gasteiger partial charge in [0.05, 0.1) is 6.54 Å². The first kappa shape index (κ1) is 19.7. The van der Waals surface area contributed by atoms with Crippen LogP contribution in [0.5, 0.6) is 0 Å². The molecule has 0 aliphatic carbocycles. The summed E-state index contributed by atoms with van der Waals surface area (Å²) >= 11 is 0. The number of nitrogens with one attached hydrogen (secondary N) is 2. The van der Waals surface area contributed by atoms with Crippen LogP contribution in [-0.4, -0.2) is 40.4 Å². The van der Waals surface area contributed by atoms with Gasteiger partial charge in [0.25, 0.3) is 0 Å². The van der Waals surface area contributed by atoms with E-state index in [0.29, 0.717) is 6.04 Å². The summed E-state index contributed by atoms with van der Waals surface area (Å²) in [5.41, 5.74) is 4.00. The van der Waals surface area contributed by atoms with Gasteiger partial charge in [-0.2, -0.15) is 5.10 Å². The maximum absolute atomic E-state index is 4.34. The third-order valence-corrected chi connectivity index (χ3v) is 4.36. The van der Waals surface area contributed by atoms with Gasteiger partial charge in [0.15, 0.2) is 5.96 Å².